The monoisotopic (exact) mass is 333 g/mol. The number of anilines is 1. The lowest BCUT2D eigenvalue weighted by molar-refractivity contribution is 0.0995. The number of hydrogen-bond acceptors (Lipinski definition) is 4. The Morgan fingerprint density at radius 1 is 1.00 bits per heavy atom. The Hall–Kier alpha value is -2.85. The molecule has 3 aromatic carbocycles. The minimum absolute atomic E-state index is 0.0215. The van der Waals surface area contributed by atoms with Crippen LogP contribution in [0.2, 0.25) is 0 Å². The van der Waals surface area contributed by atoms with Crippen molar-refractivity contribution >= 4 is 22.2 Å². The Balaban J connectivity index is 1.92. The maximum absolute atomic E-state index is 12.5. The largest absolute Gasteiger partial charge is 0.491 e. The number of ether oxygens (including phenoxy) is 1. The van der Waals surface area contributed by atoms with Crippen LogP contribution in [0.3, 0.4) is 0 Å². The van der Waals surface area contributed by atoms with E-state index in [1.807, 2.05) is 42.5 Å². The molecule has 3 N–H and O–H groups in total. The Labute approximate surface area is 145 Å². The maximum Gasteiger partial charge on any atom is 0.164 e. The minimum atomic E-state index is -0.0215. The second-order valence-electron chi connectivity index (χ2n) is 6.29. The first-order valence-electron chi connectivity index (χ1n) is 8.40. The molecular weight excluding hydrogens is 314 g/mol. The smallest absolute Gasteiger partial charge is 0.164 e. The molecule has 0 aliphatic heterocycles. The lowest BCUT2D eigenvalue weighted by Gasteiger charge is -2.14. The van der Waals surface area contributed by atoms with Crippen molar-refractivity contribution in [2.75, 3.05) is 18.9 Å². The maximum atomic E-state index is 12.5. The van der Waals surface area contributed by atoms with Gasteiger partial charge in [0.15, 0.2) is 5.78 Å². The number of Topliss-reactive ketones (excluding diaryl/α,β-unsaturated/α-hetero) is 1. The van der Waals surface area contributed by atoms with Gasteiger partial charge in [-0.3, -0.25) is 4.79 Å². The highest BCUT2D eigenvalue weighted by Crippen LogP contribution is 2.39. The number of carbonyl (C=O) groups excluding carboxylic acids is 1. The number of rotatable bonds is 4. The third-order valence-electron chi connectivity index (χ3n) is 4.65. The van der Waals surface area contributed by atoms with Crippen LogP contribution in [0.25, 0.3) is 21.9 Å². The van der Waals surface area contributed by atoms with Gasteiger partial charge in [-0.2, -0.15) is 0 Å². The van der Waals surface area contributed by atoms with Crippen LogP contribution in [0.5, 0.6) is 5.75 Å². The van der Waals surface area contributed by atoms with Gasteiger partial charge in [-0.15, -0.1) is 0 Å². The summed E-state index contributed by atoms with van der Waals surface area (Å²) in [7, 11) is 0. The molecule has 4 rings (SSSR count). The van der Waals surface area contributed by atoms with Gasteiger partial charge in [-0.25, -0.2) is 0 Å². The quantitative estimate of drug-likeness (QED) is 0.716. The van der Waals surface area contributed by atoms with Crippen molar-refractivity contribution in [3.8, 4) is 16.9 Å². The molecule has 4 nitrogen and oxygen atoms in total. The summed E-state index contributed by atoms with van der Waals surface area (Å²) in [6, 6.07) is 15.6. The molecule has 0 amide bonds. The summed E-state index contributed by atoms with van der Waals surface area (Å²) in [5.41, 5.74) is 10.5. The fourth-order valence-corrected chi connectivity index (χ4v) is 3.54. The normalized spacial score (nSPS) is 13.2. The molecular formula is C21H19NO3. The molecule has 0 aromatic heterocycles. The summed E-state index contributed by atoms with van der Waals surface area (Å²) in [6.45, 7) is 0.240. The Kier molecular flexibility index (Phi) is 3.90. The standard InChI is InChI=1S/C21H19NO3/c22-16-5-1-14-11-15-4-8-19(24)21(15)20(18(14)12-16)13-2-6-17(7-3-13)25-10-9-23/h1-3,5-7,11-12,23H,4,8-10,22H2. The van der Waals surface area contributed by atoms with Crippen LogP contribution >= 0.6 is 0 Å². The Morgan fingerprint density at radius 3 is 2.56 bits per heavy atom. The second-order valence-corrected chi connectivity index (χ2v) is 6.29. The van der Waals surface area contributed by atoms with Crippen LogP contribution in [-0.4, -0.2) is 24.1 Å². The fraction of sp³-hybridized carbons (Fsp3) is 0.190. The lowest BCUT2D eigenvalue weighted by atomic mass is 9.90. The number of nitrogens with two attached hydrogens (primary N) is 1. The van der Waals surface area contributed by atoms with Gasteiger partial charge in [0.1, 0.15) is 12.4 Å². The van der Waals surface area contributed by atoms with E-state index in [1.54, 1.807) is 0 Å². The van der Waals surface area contributed by atoms with E-state index in [4.69, 9.17) is 15.6 Å². The highest BCUT2D eigenvalue weighted by atomic mass is 16.5. The molecule has 0 fully saturated rings. The van der Waals surface area contributed by atoms with Crippen LogP contribution in [0.1, 0.15) is 22.3 Å². The molecule has 0 heterocycles. The lowest BCUT2D eigenvalue weighted by Crippen LogP contribution is -2.01. The minimum Gasteiger partial charge on any atom is -0.491 e. The molecule has 4 heteroatoms. The zero-order chi connectivity index (χ0) is 17.4. The van der Waals surface area contributed by atoms with Crippen molar-refractivity contribution in [3.05, 3.63) is 59.7 Å². The number of carbonyl (C=O) groups is 1. The molecule has 0 atom stereocenters. The number of hydrogen-bond donors (Lipinski definition) is 2. The first kappa shape index (κ1) is 15.7. The highest BCUT2D eigenvalue weighted by molar-refractivity contribution is 6.14. The van der Waals surface area contributed by atoms with E-state index in [0.29, 0.717) is 17.9 Å². The molecule has 3 aromatic rings. The Morgan fingerprint density at radius 2 is 1.80 bits per heavy atom. The molecule has 0 unspecified atom stereocenters. The topological polar surface area (TPSA) is 72.6 Å². The number of aliphatic hydroxyl groups is 1. The van der Waals surface area contributed by atoms with E-state index >= 15 is 0 Å². The van der Waals surface area contributed by atoms with E-state index < -0.39 is 0 Å². The number of nitrogen functional groups attached to an aromatic ring is 1. The number of benzene rings is 3. The number of ketones is 1. The summed E-state index contributed by atoms with van der Waals surface area (Å²) in [5.74, 6) is 0.885. The van der Waals surface area contributed by atoms with Crippen LogP contribution < -0.4 is 10.5 Å². The summed E-state index contributed by atoms with van der Waals surface area (Å²) in [5, 5.41) is 11.0. The van der Waals surface area contributed by atoms with Crippen LogP contribution in [0.4, 0.5) is 5.69 Å². The zero-order valence-electron chi connectivity index (χ0n) is 13.8. The molecule has 1 aliphatic rings. The highest BCUT2D eigenvalue weighted by Gasteiger charge is 2.25. The van der Waals surface area contributed by atoms with Crippen molar-refractivity contribution in [3.63, 3.8) is 0 Å². The van der Waals surface area contributed by atoms with E-state index in [2.05, 4.69) is 6.07 Å². The molecule has 126 valence electrons. The first-order chi connectivity index (χ1) is 12.2. The second kappa shape index (κ2) is 6.22. The number of aliphatic hydroxyl groups excluding tert-OH is 1. The van der Waals surface area contributed by atoms with Crippen LogP contribution in [0.15, 0.2) is 48.5 Å². The van der Waals surface area contributed by atoms with Gasteiger partial charge < -0.3 is 15.6 Å². The number of aryl methyl sites for hydroxylation is 1. The van der Waals surface area contributed by atoms with Gasteiger partial charge in [0, 0.05) is 23.2 Å². The van der Waals surface area contributed by atoms with E-state index in [0.717, 1.165) is 39.4 Å². The van der Waals surface area contributed by atoms with Crippen LogP contribution in [-0.2, 0) is 6.42 Å². The van der Waals surface area contributed by atoms with Gasteiger partial charge in [-0.05, 0) is 52.6 Å². The van der Waals surface area contributed by atoms with E-state index in [1.165, 1.54) is 0 Å². The van der Waals surface area contributed by atoms with Crippen LogP contribution in [0, 0.1) is 0 Å². The summed E-state index contributed by atoms with van der Waals surface area (Å²) in [6.07, 6.45) is 1.35. The molecule has 0 spiro atoms. The van der Waals surface area contributed by atoms with Crippen molar-refractivity contribution in [2.45, 2.75) is 12.8 Å². The van der Waals surface area contributed by atoms with Crippen molar-refractivity contribution in [1.82, 2.24) is 0 Å². The predicted molar refractivity (Wildman–Crippen MR) is 99.0 cm³/mol. The molecule has 0 saturated heterocycles. The summed E-state index contributed by atoms with van der Waals surface area (Å²) in [4.78, 5) is 12.5. The average molecular weight is 333 g/mol. The van der Waals surface area contributed by atoms with Gasteiger partial charge in [0.05, 0.1) is 6.61 Å². The van der Waals surface area contributed by atoms with Gasteiger partial charge in [0.25, 0.3) is 0 Å². The van der Waals surface area contributed by atoms with Crippen molar-refractivity contribution < 1.29 is 14.6 Å². The first-order valence-corrected chi connectivity index (χ1v) is 8.40. The average Bonchev–Trinajstić information content (AvgIpc) is 2.99. The molecule has 0 bridgehead atoms. The molecule has 1 aliphatic carbocycles. The number of fused-ring (bicyclic) bond motifs is 2. The third-order valence-corrected chi connectivity index (χ3v) is 4.65. The third kappa shape index (κ3) is 2.75. The summed E-state index contributed by atoms with van der Waals surface area (Å²) < 4.78 is 5.43. The molecule has 25 heavy (non-hydrogen) atoms. The van der Waals surface area contributed by atoms with Crippen molar-refractivity contribution in [2.24, 2.45) is 0 Å². The SMILES string of the molecule is Nc1ccc2cc3c(c(-c4ccc(OCCO)cc4)c2c1)C(=O)CC3. The van der Waals surface area contributed by atoms with Gasteiger partial charge in [0.2, 0.25) is 0 Å². The van der Waals surface area contributed by atoms with Gasteiger partial charge >= 0.3 is 0 Å². The zero-order valence-corrected chi connectivity index (χ0v) is 13.8. The summed E-state index contributed by atoms with van der Waals surface area (Å²) >= 11 is 0. The molecule has 0 saturated carbocycles. The van der Waals surface area contributed by atoms with Crippen molar-refractivity contribution in [1.29, 1.82) is 0 Å². The van der Waals surface area contributed by atoms with E-state index in [9.17, 15) is 4.79 Å². The predicted octanol–water partition coefficient (Wildman–Crippen LogP) is 3.59. The molecule has 0 radical (unpaired) electrons. The van der Waals surface area contributed by atoms with Gasteiger partial charge in [-0.1, -0.05) is 24.3 Å². The Bertz CT molecular complexity index is 961. The fourth-order valence-electron chi connectivity index (χ4n) is 3.54. The van der Waals surface area contributed by atoms with E-state index in [-0.39, 0.29) is 19.0 Å².